The van der Waals surface area contributed by atoms with Crippen molar-refractivity contribution in [3.05, 3.63) is 72.2 Å². The number of nitrogens with zero attached hydrogens (tertiary/aromatic N) is 4. The van der Waals surface area contributed by atoms with E-state index in [4.69, 9.17) is 9.47 Å². The van der Waals surface area contributed by atoms with Gasteiger partial charge in [0.2, 0.25) is 5.95 Å². The second kappa shape index (κ2) is 12.1. The van der Waals surface area contributed by atoms with E-state index in [1.54, 1.807) is 25.5 Å². The van der Waals surface area contributed by atoms with Crippen LogP contribution in [0.15, 0.2) is 61.1 Å². The van der Waals surface area contributed by atoms with Crippen LogP contribution in [0.3, 0.4) is 0 Å². The maximum Gasteiger partial charge on any atom is 0.227 e. The molecule has 3 heterocycles. The van der Waals surface area contributed by atoms with Gasteiger partial charge in [-0.25, -0.2) is 18.4 Å². The van der Waals surface area contributed by atoms with E-state index in [9.17, 15) is 8.42 Å². The highest BCUT2D eigenvalue weighted by molar-refractivity contribution is 7.91. The summed E-state index contributed by atoms with van der Waals surface area (Å²) >= 11 is 0. The lowest BCUT2D eigenvalue weighted by molar-refractivity contribution is 0.148. The number of hydrogen-bond acceptors (Lipinski definition) is 9. The molecule has 3 aromatic rings. The van der Waals surface area contributed by atoms with Gasteiger partial charge in [0.05, 0.1) is 24.7 Å². The highest BCUT2D eigenvalue weighted by Crippen LogP contribution is 2.27. The largest absolute Gasteiger partial charge is 0.492 e. The van der Waals surface area contributed by atoms with Gasteiger partial charge in [0.15, 0.2) is 9.84 Å². The fourth-order valence-corrected chi connectivity index (χ4v) is 4.31. The highest BCUT2D eigenvalue weighted by Gasteiger charge is 2.13. The molecular formula is C26H31N5O4S. The highest BCUT2D eigenvalue weighted by atomic mass is 32.2. The molecule has 9 nitrogen and oxygen atoms in total. The number of aromatic nitrogens is 3. The van der Waals surface area contributed by atoms with Gasteiger partial charge in [-0.2, -0.15) is 0 Å². The zero-order valence-electron chi connectivity index (χ0n) is 20.6. The Labute approximate surface area is 212 Å². The number of hydrogen-bond donors (Lipinski definition) is 1. The topological polar surface area (TPSA) is 107 Å². The molecule has 0 radical (unpaired) electrons. The Kier molecular flexibility index (Phi) is 8.63. The molecule has 0 fully saturated rings. The summed E-state index contributed by atoms with van der Waals surface area (Å²) in [6.45, 7) is 4.02. The summed E-state index contributed by atoms with van der Waals surface area (Å²) in [7, 11) is -1.09. The first-order valence-corrected chi connectivity index (χ1v) is 13.7. The number of rotatable bonds is 5. The Morgan fingerprint density at radius 1 is 1.17 bits per heavy atom. The lowest BCUT2D eigenvalue weighted by atomic mass is 10.1. The van der Waals surface area contributed by atoms with Crippen LogP contribution in [0.25, 0.3) is 11.3 Å². The average Bonchev–Trinajstić information content (AvgIpc) is 2.87. The molecule has 0 spiro atoms. The van der Waals surface area contributed by atoms with E-state index >= 15 is 0 Å². The van der Waals surface area contributed by atoms with Crippen molar-refractivity contribution in [1.29, 1.82) is 0 Å². The Bertz CT molecular complexity index is 1310. The van der Waals surface area contributed by atoms with Crippen molar-refractivity contribution in [2.24, 2.45) is 0 Å². The monoisotopic (exact) mass is 509 g/mol. The second-order valence-corrected chi connectivity index (χ2v) is 11.0. The Morgan fingerprint density at radius 2 is 2.06 bits per heavy atom. The average molecular weight is 510 g/mol. The molecule has 36 heavy (non-hydrogen) atoms. The van der Waals surface area contributed by atoms with Crippen molar-refractivity contribution >= 4 is 21.5 Å². The predicted octanol–water partition coefficient (Wildman–Crippen LogP) is 3.61. The second-order valence-electron chi connectivity index (χ2n) is 8.56. The molecule has 0 aliphatic carbocycles. The van der Waals surface area contributed by atoms with Gasteiger partial charge in [-0.1, -0.05) is 19.1 Å². The van der Waals surface area contributed by atoms with Crippen molar-refractivity contribution in [1.82, 2.24) is 19.9 Å². The van der Waals surface area contributed by atoms with E-state index in [1.165, 1.54) is 0 Å². The SMILES string of the molecule is CCS(=O)(=O)CCOc1ccc2cc1CN(C)CC=CCOCc1cncc(c1)-c1ccnc(n1)N2. The first-order valence-electron chi connectivity index (χ1n) is 11.8. The molecular weight excluding hydrogens is 478 g/mol. The smallest absolute Gasteiger partial charge is 0.227 e. The van der Waals surface area contributed by atoms with E-state index in [0.717, 1.165) is 28.1 Å². The molecule has 0 atom stereocenters. The molecule has 0 saturated heterocycles. The summed E-state index contributed by atoms with van der Waals surface area (Å²) in [5, 5.41) is 3.28. The van der Waals surface area contributed by atoms with Gasteiger partial charge in [-0.3, -0.25) is 9.88 Å². The number of benzene rings is 1. The standard InChI is InChI=1S/C26H31N5O4S/c1-3-36(32,33)13-12-35-25-7-6-23-15-22(25)18-31(2)10-4-5-11-34-19-20-14-21(17-27-16-20)24-8-9-28-26(29-23)30-24/h4-9,14-17H,3,10-13,18-19H2,1-2H3,(H,28,29,30). The van der Waals surface area contributed by atoms with Crippen LogP contribution in [0.4, 0.5) is 11.6 Å². The van der Waals surface area contributed by atoms with Crippen LogP contribution in [0.5, 0.6) is 5.75 Å². The lowest BCUT2D eigenvalue weighted by Gasteiger charge is -2.19. The predicted molar refractivity (Wildman–Crippen MR) is 140 cm³/mol. The minimum Gasteiger partial charge on any atom is -0.492 e. The molecule has 6 bridgehead atoms. The molecule has 2 aromatic heterocycles. The van der Waals surface area contributed by atoms with Gasteiger partial charge in [-0.15, -0.1) is 0 Å². The van der Waals surface area contributed by atoms with Crippen LogP contribution >= 0.6 is 0 Å². The molecule has 0 amide bonds. The van der Waals surface area contributed by atoms with E-state index in [1.807, 2.05) is 43.5 Å². The summed E-state index contributed by atoms with van der Waals surface area (Å²) in [4.78, 5) is 15.5. The molecule has 4 rings (SSSR count). The van der Waals surface area contributed by atoms with Gasteiger partial charge < -0.3 is 14.8 Å². The third-order valence-electron chi connectivity index (χ3n) is 5.66. The number of nitrogens with one attached hydrogen (secondary N) is 1. The molecule has 10 heteroatoms. The summed E-state index contributed by atoms with van der Waals surface area (Å²) in [6, 6.07) is 9.57. The van der Waals surface area contributed by atoms with Gasteiger partial charge in [0.25, 0.3) is 0 Å². The quantitative estimate of drug-likeness (QED) is 0.516. The van der Waals surface area contributed by atoms with Crippen LogP contribution in [-0.2, 0) is 27.7 Å². The lowest BCUT2D eigenvalue weighted by Crippen LogP contribution is -2.20. The summed E-state index contributed by atoms with van der Waals surface area (Å²) < 4.78 is 35.4. The molecule has 1 aliphatic heterocycles. The fraction of sp³-hybridized carbons (Fsp3) is 0.346. The maximum absolute atomic E-state index is 11.9. The van der Waals surface area contributed by atoms with Gasteiger partial charge in [0, 0.05) is 54.2 Å². The molecule has 1 aromatic carbocycles. The van der Waals surface area contributed by atoms with Crippen LogP contribution in [0.2, 0.25) is 0 Å². The van der Waals surface area contributed by atoms with E-state index < -0.39 is 9.84 Å². The minimum absolute atomic E-state index is 0.0157. The van der Waals surface area contributed by atoms with Crippen LogP contribution in [0, 0.1) is 0 Å². The Balaban J connectivity index is 1.63. The zero-order chi connectivity index (χ0) is 25.4. The maximum atomic E-state index is 11.9. The Morgan fingerprint density at radius 3 is 2.92 bits per heavy atom. The first-order chi connectivity index (χ1) is 17.4. The number of pyridine rings is 1. The number of anilines is 2. The number of ether oxygens (including phenoxy) is 2. The first kappa shape index (κ1) is 25.7. The molecule has 0 unspecified atom stereocenters. The van der Waals surface area contributed by atoms with Crippen molar-refractivity contribution in [3.63, 3.8) is 0 Å². The summed E-state index contributed by atoms with van der Waals surface area (Å²) in [6.07, 6.45) is 9.33. The molecule has 0 saturated carbocycles. The van der Waals surface area contributed by atoms with Crippen molar-refractivity contribution in [2.75, 3.05) is 43.6 Å². The summed E-state index contributed by atoms with van der Waals surface area (Å²) in [5.41, 5.74) is 4.33. The van der Waals surface area contributed by atoms with Crippen molar-refractivity contribution in [2.45, 2.75) is 20.1 Å². The van der Waals surface area contributed by atoms with E-state index in [-0.39, 0.29) is 18.1 Å². The number of sulfone groups is 1. The zero-order valence-corrected chi connectivity index (χ0v) is 21.4. The van der Waals surface area contributed by atoms with Gasteiger partial charge >= 0.3 is 0 Å². The van der Waals surface area contributed by atoms with Crippen LogP contribution in [0.1, 0.15) is 18.1 Å². The third kappa shape index (κ3) is 7.33. The normalized spacial score (nSPS) is 14.9. The fourth-order valence-electron chi connectivity index (χ4n) is 3.68. The van der Waals surface area contributed by atoms with Crippen LogP contribution < -0.4 is 10.1 Å². The van der Waals surface area contributed by atoms with Crippen molar-refractivity contribution in [3.8, 4) is 17.0 Å². The van der Waals surface area contributed by atoms with Gasteiger partial charge in [-0.05, 0) is 42.9 Å². The third-order valence-corrected chi connectivity index (χ3v) is 7.33. The van der Waals surface area contributed by atoms with Gasteiger partial charge in [0.1, 0.15) is 12.4 Å². The van der Waals surface area contributed by atoms with E-state index in [0.29, 0.717) is 38.0 Å². The summed E-state index contributed by atoms with van der Waals surface area (Å²) in [5.74, 6) is 1.20. The number of likely N-dealkylation sites (N-methyl/N-ethyl adjacent to an activating group) is 1. The van der Waals surface area contributed by atoms with Crippen molar-refractivity contribution < 1.29 is 17.9 Å². The molecule has 190 valence electrons. The van der Waals surface area contributed by atoms with E-state index in [2.05, 4.69) is 31.2 Å². The van der Waals surface area contributed by atoms with Crippen LogP contribution in [-0.4, -0.2) is 66.6 Å². The minimum atomic E-state index is -3.10. The molecule has 1 N–H and O–H groups in total. The molecule has 1 aliphatic rings. The Hall–Kier alpha value is -3.34. The number of fused-ring (bicyclic) bond motifs is 7.